The van der Waals surface area contributed by atoms with E-state index in [1.54, 1.807) is 29.8 Å². The summed E-state index contributed by atoms with van der Waals surface area (Å²) in [5, 5.41) is 0.689. The summed E-state index contributed by atoms with van der Waals surface area (Å²) in [6.07, 6.45) is 0.917. The first-order chi connectivity index (χ1) is 15.1. The maximum Gasteiger partial charge on any atom is 0.259 e. The van der Waals surface area contributed by atoms with Crippen molar-refractivity contribution in [3.8, 4) is 17.2 Å². The van der Waals surface area contributed by atoms with E-state index >= 15 is 0 Å². The van der Waals surface area contributed by atoms with E-state index in [2.05, 4.69) is 0 Å². The Labute approximate surface area is 186 Å². The Hall–Kier alpha value is -3.25. The molecule has 1 amide bonds. The number of hydrogen-bond donors (Lipinski definition) is 0. The zero-order valence-corrected chi connectivity index (χ0v) is 18.4. The molecule has 0 bridgehead atoms. The van der Waals surface area contributed by atoms with Crippen LogP contribution in [-0.2, 0) is 0 Å². The molecule has 5 nitrogen and oxygen atoms in total. The van der Waals surface area contributed by atoms with E-state index in [4.69, 9.17) is 14.5 Å². The molecule has 1 aliphatic heterocycles. The van der Waals surface area contributed by atoms with Crippen LogP contribution >= 0.6 is 11.8 Å². The Kier molecular flexibility index (Phi) is 6.57. The van der Waals surface area contributed by atoms with Gasteiger partial charge in [-0.15, -0.1) is 0 Å². The molecule has 0 N–H and O–H groups in total. The molecule has 1 aliphatic rings. The van der Waals surface area contributed by atoms with Gasteiger partial charge in [0.1, 0.15) is 22.9 Å². The van der Waals surface area contributed by atoms with E-state index in [9.17, 15) is 4.79 Å². The Bertz CT molecular complexity index is 1100. The molecule has 0 radical (unpaired) electrons. The highest BCUT2D eigenvalue weighted by Crippen LogP contribution is 2.32. The van der Waals surface area contributed by atoms with E-state index in [0.29, 0.717) is 28.8 Å². The lowest BCUT2D eigenvalue weighted by Gasteiger charge is -2.28. The highest BCUT2D eigenvalue weighted by Gasteiger charge is 2.25. The van der Waals surface area contributed by atoms with Gasteiger partial charge in [-0.3, -0.25) is 9.69 Å². The number of hydrogen-bond acceptors (Lipinski definition) is 5. The summed E-state index contributed by atoms with van der Waals surface area (Å²) in [4.78, 5) is 19.9. The van der Waals surface area contributed by atoms with Crippen LogP contribution in [0.1, 0.15) is 22.3 Å². The molecule has 0 unspecified atom stereocenters. The molecule has 0 spiro atoms. The molecule has 31 heavy (non-hydrogen) atoms. The molecule has 1 fully saturated rings. The molecule has 0 aliphatic carbocycles. The number of carbonyl (C=O) groups excluding carboxylic acids is 1. The van der Waals surface area contributed by atoms with Crippen LogP contribution in [0.4, 0.5) is 5.69 Å². The first kappa shape index (κ1) is 21.0. The van der Waals surface area contributed by atoms with Crippen LogP contribution in [-0.4, -0.2) is 35.4 Å². The maximum atomic E-state index is 13.4. The van der Waals surface area contributed by atoms with Gasteiger partial charge in [0.2, 0.25) is 0 Å². The van der Waals surface area contributed by atoms with Crippen molar-refractivity contribution < 1.29 is 14.3 Å². The van der Waals surface area contributed by atoms with Crippen LogP contribution < -0.4 is 9.47 Å². The van der Waals surface area contributed by atoms with Crippen molar-refractivity contribution in [1.29, 1.82) is 0 Å². The zero-order chi connectivity index (χ0) is 21.6. The summed E-state index contributed by atoms with van der Waals surface area (Å²) in [5.74, 6) is 2.88. The summed E-state index contributed by atoms with van der Waals surface area (Å²) >= 11 is 1.59. The number of thioether (sulfide) groups is 1. The van der Waals surface area contributed by atoms with E-state index in [0.717, 1.165) is 29.2 Å². The maximum absolute atomic E-state index is 13.4. The van der Waals surface area contributed by atoms with Gasteiger partial charge >= 0.3 is 0 Å². The fourth-order valence-corrected chi connectivity index (χ4v) is 4.25. The molecule has 0 aromatic heterocycles. The number of amidine groups is 1. The molecular weight excluding hydrogens is 408 g/mol. The first-order valence-electron chi connectivity index (χ1n) is 10.1. The number of carbonyl (C=O) groups is 1. The van der Waals surface area contributed by atoms with Crippen molar-refractivity contribution in [1.82, 2.24) is 4.90 Å². The second-order valence-electron chi connectivity index (χ2n) is 7.17. The Morgan fingerprint density at radius 1 is 1.00 bits per heavy atom. The molecule has 6 heteroatoms. The van der Waals surface area contributed by atoms with Gasteiger partial charge in [0.25, 0.3) is 5.91 Å². The number of amides is 1. The van der Waals surface area contributed by atoms with E-state index in [-0.39, 0.29) is 5.91 Å². The molecule has 0 saturated carbocycles. The van der Waals surface area contributed by atoms with Crippen LogP contribution in [0.15, 0.2) is 77.8 Å². The van der Waals surface area contributed by atoms with Gasteiger partial charge in [-0.05, 0) is 61.4 Å². The summed E-state index contributed by atoms with van der Waals surface area (Å²) < 4.78 is 11.4. The Morgan fingerprint density at radius 2 is 1.81 bits per heavy atom. The Balaban J connectivity index is 1.61. The van der Waals surface area contributed by atoms with Gasteiger partial charge in [-0.1, -0.05) is 42.1 Å². The topological polar surface area (TPSA) is 51.1 Å². The molecular formula is C25H24N2O3S. The lowest BCUT2D eigenvalue weighted by Crippen LogP contribution is -2.39. The van der Waals surface area contributed by atoms with Crippen molar-refractivity contribution in [2.45, 2.75) is 13.3 Å². The van der Waals surface area contributed by atoms with Crippen LogP contribution in [0.5, 0.6) is 17.2 Å². The fourth-order valence-electron chi connectivity index (χ4n) is 3.30. The second kappa shape index (κ2) is 9.71. The highest BCUT2D eigenvalue weighted by molar-refractivity contribution is 8.13. The number of nitrogens with zero attached hydrogens (tertiary/aromatic N) is 2. The van der Waals surface area contributed by atoms with Crippen LogP contribution in [0, 0.1) is 6.92 Å². The normalized spacial score (nSPS) is 15.0. The molecule has 1 heterocycles. The smallest absolute Gasteiger partial charge is 0.259 e. The highest BCUT2D eigenvalue weighted by atomic mass is 32.2. The number of methoxy groups -OCH3 is 1. The van der Waals surface area contributed by atoms with Crippen LogP contribution in [0.2, 0.25) is 0 Å². The third-order valence-electron chi connectivity index (χ3n) is 4.84. The number of aryl methyl sites for hydroxylation is 1. The summed E-state index contributed by atoms with van der Waals surface area (Å²) in [7, 11) is 1.63. The SMILES string of the molecule is COc1ccc(C)cc1N=C1SCCCN1C(=O)c1cccc(Oc2ccccc2)c1. The minimum absolute atomic E-state index is 0.0870. The predicted octanol–water partition coefficient (Wildman–Crippen LogP) is 6.06. The van der Waals surface area contributed by atoms with Crippen molar-refractivity contribution in [3.05, 3.63) is 83.9 Å². The van der Waals surface area contributed by atoms with Gasteiger partial charge in [-0.25, -0.2) is 4.99 Å². The number of rotatable bonds is 5. The minimum atomic E-state index is -0.0870. The number of para-hydroxylation sites is 1. The van der Waals surface area contributed by atoms with E-state index in [1.807, 2.05) is 73.7 Å². The van der Waals surface area contributed by atoms with Gasteiger partial charge in [-0.2, -0.15) is 0 Å². The van der Waals surface area contributed by atoms with Crippen LogP contribution in [0.25, 0.3) is 0 Å². The summed E-state index contributed by atoms with van der Waals surface area (Å²) in [6, 6.07) is 22.7. The zero-order valence-electron chi connectivity index (χ0n) is 17.6. The Morgan fingerprint density at radius 3 is 2.61 bits per heavy atom. The van der Waals surface area contributed by atoms with Crippen molar-refractivity contribution in [2.24, 2.45) is 4.99 Å². The average Bonchev–Trinajstić information content (AvgIpc) is 2.80. The van der Waals surface area contributed by atoms with Gasteiger partial charge < -0.3 is 9.47 Å². The number of aliphatic imine (C=N–C) groups is 1. The number of benzene rings is 3. The average molecular weight is 433 g/mol. The standard InChI is InChI=1S/C25H24N2O3S/c1-18-12-13-23(29-2)22(16-18)26-25-27(14-7-15-31-25)24(28)19-8-6-11-21(17-19)30-20-9-4-3-5-10-20/h3-6,8-13,16-17H,7,14-15H2,1-2H3. The molecule has 3 aromatic rings. The van der Waals surface area contributed by atoms with Crippen molar-refractivity contribution >= 4 is 28.5 Å². The summed E-state index contributed by atoms with van der Waals surface area (Å²) in [6.45, 7) is 2.64. The van der Waals surface area contributed by atoms with Crippen molar-refractivity contribution in [2.75, 3.05) is 19.4 Å². The van der Waals surface area contributed by atoms with Gasteiger partial charge in [0.15, 0.2) is 5.17 Å². The largest absolute Gasteiger partial charge is 0.494 e. The van der Waals surface area contributed by atoms with Crippen molar-refractivity contribution in [3.63, 3.8) is 0 Å². The first-order valence-corrected chi connectivity index (χ1v) is 11.1. The fraction of sp³-hybridized carbons (Fsp3) is 0.200. The van der Waals surface area contributed by atoms with Crippen LogP contribution in [0.3, 0.4) is 0 Å². The quantitative estimate of drug-likeness (QED) is 0.491. The minimum Gasteiger partial charge on any atom is -0.494 e. The molecule has 3 aromatic carbocycles. The monoisotopic (exact) mass is 432 g/mol. The molecule has 0 atom stereocenters. The van der Waals surface area contributed by atoms with E-state index < -0.39 is 0 Å². The second-order valence-corrected chi connectivity index (χ2v) is 8.23. The van der Waals surface area contributed by atoms with Gasteiger partial charge in [0, 0.05) is 17.9 Å². The summed E-state index contributed by atoms with van der Waals surface area (Å²) in [5.41, 5.74) is 2.38. The predicted molar refractivity (Wildman–Crippen MR) is 126 cm³/mol. The molecule has 1 saturated heterocycles. The third kappa shape index (κ3) is 5.09. The third-order valence-corrected chi connectivity index (χ3v) is 5.91. The lowest BCUT2D eigenvalue weighted by atomic mass is 10.2. The van der Waals surface area contributed by atoms with E-state index in [1.165, 1.54) is 0 Å². The number of ether oxygens (including phenoxy) is 2. The lowest BCUT2D eigenvalue weighted by molar-refractivity contribution is 0.0849. The molecule has 158 valence electrons. The molecule has 4 rings (SSSR count). The van der Waals surface area contributed by atoms with Gasteiger partial charge in [0.05, 0.1) is 7.11 Å².